The van der Waals surface area contributed by atoms with Gasteiger partial charge in [0.05, 0.1) is 0 Å². The van der Waals surface area contributed by atoms with Gasteiger partial charge in [-0.05, 0) is 38.3 Å². The summed E-state index contributed by atoms with van der Waals surface area (Å²) in [6.07, 6.45) is 2.41. The topological polar surface area (TPSA) is 30.9 Å². The van der Waals surface area contributed by atoms with Crippen molar-refractivity contribution in [1.29, 1.82) is 0 Å². The van der Waals surface area contributed by atoms with Gasteiger partial charge in [-0.15, -0.1) is 0 Å². The Bertz CT molecular complexity index is 321. The average molecular weight is 192 g/mol. The van der Waals surface area contributed by atoms with Crippen LogP contribution in [0.3, 0.4) is 0 Å². The lowest BCUT2D eigenvalue weighted by Gasteiger charge is -2.16. The van der Waals surface area contributed by atoms with Crippen molar-refractivity contribution in [2.24, 2.45) is 11.7 Å². The second-order valence-corrected chi connectivity index (χ2v) is 4.74. The Kier molecular flexibility index (Phi) is 2.18. The molecule has 0 bridgehead atoms. The standard InChI is InChI=1S/C12H20N2/c1-4-11-7-12(11,13)8-14-9(2)5-6-10(14)3/h5-6,11H,4,7-8,13H2,1-3H3. The maximum atomic E-state index is 6.31. The molecule has 1 heterocycles. The molecule has 0 aromatic carbocycles. The first-order chi connectivity index (χ1) is 6.57. The Morgan fingerprint density at radius 3 is 2.43 bits per heavy atom. The van der Waals surface area contributed by atoms with Crippen molar-refractivity contribution in [2.45, 2.75) is 45.7 Å². The maximum Gasteiger partial charge on any atom is 0.0408 e. The van der Waals surface area contributed by atoms with E-state index in [0.29, 0.717) is 0 Å². The van der Waals surface area contributed by atoms with E-state index in [1.165, 1.54) is 24.2 Å². The van der Waals surface area contributed by atoms with Crippen LogP contribution in [0.2, 0.25) is 0 Å². The van der Waals surface area contributed by atoms with Crippen LogP contribution < -0.4 is 5.73 Å². The summed E-state index contributed by atoms with van der Waals surface area (Å²) in [5, 5.41) is 0. The molecule has 2 N–H and O–H groups in total. The summed E-state index contributed by atoms with van der Waals surface area (Å²) in [5.41, 5.74) is 9.05. The van der Waals surface area contributed by atoms with E-state index in [9.17, 15) is 0 Å². The van der Waals surface area contributed by atoms with Gasteiger partial charge in [0, 0.05) is 23.5 Å². The molecule has 0 amide bonds. The van der Waals surface area contributed by atoms with Gasteiger partial charge in [-0.25, -0.2) is 0 Å². The monoisotopic (exact) mass is 192 g/mol. The minimum absolute atomic E-state index is 0.0866. The largest absolute Gasteiger partial charge is 0.347 e. The molecule has 2 nitrogen and oxygen atoms in total. The Morgan fingerprint density at radius 1 is 1.43 bits per heavy atom. The highest BCUT2D eigenvalue weighted by atomic mass is 15.1. The van der Waals surface area contributed by atoms with Gasteiger partial charge in [-0.1, -0.05) is 13.3 Å². The van der Waals surface area contributed by atoms with Gasteiger partial charge < -0.3 is 10.3 Å². The summed E-state index contributed by atoms with van der Waals surface area (Å²) >= 11 is 0. The van der Waals surface area contributed by atoms with E-state index >= 15 is 0 Å². The number of aryl methyl sites for hydroxylation is 2. The van der Waals surface area contributed by atoms with Crippen molar-refractivity contribution in [3.8, 4) is 0 Å². The molecule has 0 radical (unpaired) electrons. The lowest BCUT2D eigenvalue weighted by atomic mass is 10.2. The van der Waals surface area contributed by atoms with Gasteiger partial charge in [-0.3, -0.25) is 0 Å². The summed E-state index contributed by atoms with van der Waals surface area (Å²) in [6.45, 7) is 7.53. The Balaban J connectivity index is 2.12. The zero-order valence-electron chi connectivity index (χ0n) is 9.38. The van der Waals surface area contributed by atoms with Gasteiger partial charge in [0.15, 0.2) is 0 Å². The molecule has 1 fully saturated rings. The van der Waals surface area contributed by atoms with Gasteiger partial charge in [-0.2, -0.15) is 0 Å². The van der Waals surface area contributed by atoms with E-state index < -0.39 is 0 Å². The van der Waals surface area contributed by atoms with Crippen LogP contribution in [-0.2, 0) is 6.54 Å². The molecule has 1 aromatic heterocycles. The van der Waals surface area contributed by atoms with E-state index in [0.717, 1.165) is 12.5 Å². The summed E-state index contributed by atoms with van der Waals surface area (Å²) in [4.78, 5) is 0. The first kappa shape index (κ1) is 9.78. The fourth-order valence-electron chi connectivity index (χ4n) is 2.39. The summed E-state index contributed by atoms with van der Waals surface area (Å²) in [7, 11) is 0. The summed E-state index contributed by atoms with van der Waals surface area (Å²) < 4.78 is 2.34. The van der Waals surface area contributed by atoms with E-state index in [1.807, 2.05) is 0 Å². The van der Waals surface area contributed by atoms with E-state index in [1.54, 1.807) is 0 Å². The molecule has 0 aliphatic heterocycles. The molecule has 2 atom stereocenters. The smallest absolute Gasteiger partial charge is 0.0408 e. The number of aromatic nitrogens is 1. The molecular weight excluding hydrogens is 172 g/mol. The van der Waals surface area contributed by atoms with Crippen molar-refractivity contribution < 1.29 is 0 Å². The van der Waals surface area contributed by atoms with Gasteiger partial charge in [0.1, 0.15) is 0 Å². The Hall–Kier alpha value is -0.760. The maximum absolute atomic E-state index is 6.31. The van der Waals surface area contributed by atoms with Gasteiger partial charge in [0.25, 0.3) is 0 Å². The molecular formula is C12H20N2. The highest BCUT2D eigenvalue weighted by Crippen LogP contribution is 2.44. The molecule has 78 valence electrons. The second-order valence-electron chi connectivity index (χ2n) is 4.74. The summed E-state index contributed by atoms with van der Waals surface area (Å²) in [5.74, 6) is 0.740. The average Bonchev–Trinajstić information content (AvgIpc) is 2.72. The minimum Gasteiger partial charge on any atom is -0.347 e. The fraction of sp³-hybridized carbons (Fsp3) is 0.667. The van der Waals surface area contributed by atoms with Crippen LogP contribution in [0.4, 0.5) is 0 Å². The number of hydrogen-bond donors (Lipinski definition) is 1. The predicted octanol–water partition coefficient (Wildman–Crippen LogP) is 2.23. The lowest BCUT2D eigenvalue weighted by molar-refractivity contribution is 0.481. The van der Waals surface area contributed by atoms with Crippen LogP contribution in [0.15, 0.2) is 12.1 Å². The number of nitrogens with two attached hydrogens (primary N) is 1. The van der Waals surface area contributed by atoms with Crippen LogP contribution in [0.25, 0.3) is 0 Å². The van der Waals surface area contributed by atoms with Crippen molar-refractivity contribution in [2.75, 3.05) is 0 Å². The Morgan fingerprint density at radius 2 is 2.00 bits per heavy atom. The van der Waals surface area contributed by atoms with Crippen molar-refractivity contribution in [3.63, 3.8) is 0 Å². The highest BCUT2D eigenvalue weighted by molar-refractivity contribution is 5.17. The van der Waals surface area contributed by atoms with Crippen LogP contribution in [-0.4, -0.2) is 10.1 Å². The highest BCUT2D eigenvalue weighted by Gasteiger charge is 2.49. The quantitative estimate of drug-likeness (QED) is 0.782. The Labute approximate surface area is 86.1 Å². The summed E-state index contributed by atoms with van der Waals surface area (Å²) in [6, 6.07) is 4.34. The number of hydrogen-bond acceptors (Lipinski definition) is 1. The van der Waals surface area contributed by atoms with Crippen LogP contribution >= 0.6 is 0 Å². The number of nitrogens with zero attached hydrogens (tertiary/aromatic N) is 1. The molecule has 0 saturated heterocycles. The zero-order chi connectivity index (χ0) is 10.3. The molecule has 14 heavy (non-hydrogen) atoms. The molecule has 1 aromatic rings. The SMILES string of the molecule is CCC1CC1(N)Cn1c(C)ccc1C. The third-order valence-electron chi connectivity index (χ3n) is 3.64. The number of rotatable bonds is 3. The minimum atomic E-state index is 0.0866. The molecule has 1 saturated carbocycles. The van der Waals surface area contributed by atoms with Crippen molar-refractivity contribution >= 4 is 0 Å². The first-order valence-electron chi connectivity index (χ1n) is 5.48. The normalized spacial score (nSPS) is 30.7. The van der Waals surface area contributed by atoms with E-state index in [-0.39, 0.29) is 5.54 Å². The third kappa shape index (κ3) is 1.48. The van der Waals surface area contributed by atoms with E-state index in [2.05, 4.69) is 37.5 Å². The molecule has 1 aliphatic rings. The third-order valence-corrected chi connectivity index (χ3v) is 3.64. The van der Waals surface area contributed by atoms with Crippen LogP contribution in [0.5, 0.6) is 0 Å². The molecule has 0 spiro atoms. The first-order valence-corrected chi connectivity index (χ1v) is 5.48. The van der Waals surface area contributed by atoms with Crippen LogP contribution in [0, 0.1) is 19.8 Å². The predicted molar refractivity (Wildman–Crippen MR) is 59.2 cm³/mol. The van der Waals surface area contributed by atoms with Gasteiger partial charge in [0.2, 0.25) is 0 Å². The van der Waals surface area contributed by atoms with Crippen LogP contribution in [0.1, 0.15) is 31.2 Å². The lowest BCUT2D eigenvalue weighted by Crippen LogP contribution is -2.31. The van der Waals surface area contributed by atoms with Gasteiger partial charge >= 0.3 is 0 Å². The zero-order valence-corrected chi connectivity index (χ0v) is 9.38. The molecule has 2 heteroatoms. The molecule has 1 aliphatic carbocycles. The van der Waals surface area contributed by atoms with Crippen molar-refractivity contribution in [1.82, 2.24) is 4.57 Å². The molecule has 2 rings (SSSR count). The van der Waals surface area contributed by atoms with Crippen molar-refractivity contribution in [3.05, 3.63) is 23.5 Å². The van der Waals surface area contributed by atoms with E-state index in [4.69, 9.17) is 5.73 Å². The fourth-order valence-corrected chi connectivity index (χ4v) is 2.39. The molecule has 2 unspecified atom stereocenters. The second kappa shape index (κ2) is 3.13.